The van der Waals surface area contributed by atoms with Gasteiger partial charge in [0.15, 0.2) is 0 Å². The fraction of sp³-hybridized carbons (Fsp3) is 0.188. The van der Waals surface area contributed by atoms with Gasteiger partial charge in [-0.25, -0.2) is 14.6 Å². The number of nitrogens with zero attached hydrogens (tertiary/aromatic N) is 4. The van der Waals surface area contributed by atoms with Crippen LogP contribution in [0.1, 0.15) is 5.56 Å². The molecule has 0 aliphatic rings. The molecular formula is C16H15Cl2N5O2. The van der Waals surface area contributed by atoms with Gasteiger partial charge in [0.2, 0.25) is 5.95 Å². The number of nitrogens with one attached hydrogen (secondary N) is 1. The van der Waals surface area contributed by atoms with E-state index in [9.17, 15) is 0 Å². The third-order valence-corrected chi connectivity index (χ3v) is 3.99. The van der Waals surface area contributed by atoms with E-state index in [0.717, 1.165) is 5.56 Å². The first-order valence-corrected chi connectivity index (χ1v) is 8.20. The molecule has 130 valence electrons. The number of rotatable bonds is 7. The summed E-state index contributed by atoms with van der Waals surface area (Å²) in [5.74, 6) is 1.56. The zero-order chi connectivity index (χ0) is 17.6. The molecular weight excluding hydrogens is 365 g/mol. The molecule has 0 fully saturated rings. The number of hydrogen-bond acceptors (Lipinski definition) is 6. The van der Waals surface area contributed by atoms with E-state index in [-0.39, 0.29) is 13.2 Å². The minimum absolute atomic E-state index is 0.00251. The topological polar surface area (TPSA) is 85.1 Å². The molecule has 2 aromatic heterocycles. The van der Waals surface area contributed by atoms with Crippen LogP contribution < -0.4 is 10.1 Å². The lowest BCUT2D eigenvalue weighted by atomic mass is 10.2. The first-order chi connectivity index (χ1) is 12.2. The second-order valence-electron chi connectivity index (χ2n) is 5.05. The quantitative estimate of drug-likeness (QED) is 0.654. The molecule has 9 heteroatoms. The van der Waals surface area contributed by atoms with Crippen LogP contribution in [0.4, 0.5) is 11.8 Å². The smallest absolute Gasteiger partial charge is 0.247 e. The van der Waals surface area contributed by atoms with Crippen molar-refractivity contribution in [2.75, 3.05) is 11.9 Å². The zero-order valence-corrected chi connectivity index (χ0v) is 14.6. The van der Waals surface area contributed by atoms with Crippen molar-refractivity contribution in [2.24, 2.45) is 0 Å². The number of aromatic nitrogens is 4. The number of hydrogen-bond donors (Lipinski definition) is 2. The molecule has 0 unspecified atom stereocenters. The van der Waals surface area contributed by atoms with Gasteiger partial charge in [0, 0.05) is 15.6 Å². The van der Waals surface area contributed by atoms with Crippen molar-refractivity contribution in [1.82, 2.24) is 19.7 Å². The molecule has 0 amide bonds. The molecule has 0 saturated carbocycles. The van der Waals surface area contributed by atoms with Gasteiger partial charge in [-0.05, 0) is 24.3 Å². The fourth-order valence-corrected chi connectivity index (χ4v) is 2.55. The molecule has 7 nitrogen and oxygen atoms in total. The summed E-state index contributed by atoms with van der Waals surface area (Å²) in [5.41, 5.74) is 0.728. The van der Waals surface area contributed by atoms with Gasteiger partial charge < -0.3 is 15.2 Å². The Morgan fingerprint density at radius 3 is 2.60 bits per heavy atom. The summed E-state index contributed by atoms with van der Waals surface area (Å²) in [6.45, 7) is 0.641. The Kier molecular flexibility index (Phi) is 5.70. The van der Waals surface area contributed by atoms with E-state index >= 15 is 0 Å². The predicted octanol–water partition coefficient (Wildman–Crippen LogP) is 3.29. The van der Waals surface area contributed by atoms with Crippen molar-refractivity contribution in [3.8, 4) is 5.75 Å². The van der Waals surface area contributed by atoms with Gasteiger partial charge >= 0.3 is 0 Å². The number of aliphatic hydroxyl groups is 1. The molecule has 0 radical (unpaired) electrons. The monoisotopic (exact) mass is 379 g/mol. The van der Waals surface area contributed by atoms with Crippen molar-refractivity contribution in [2.45, 2.75) is 13.2 Å². The predicted molar refractivity (Wildman–Crippen MR) is 95.4 cm³/mol. The van der Waals surface area contributed by atoms with Crippen molar-refractivity contribution >= 4 is 35.0 Å². The minimum atomic E-state index is 0.00251. The van der Waals surface area contributed by atoms with Gasteiger partial charge in [-0.1, -0.05) is 29.3 Å². The fourth-order valence-electron chi connectivity index (χ4n) is 2.04. The van der Waals surface area contributed by atoms with E-state index in [1.165, 1.54) is 11.0 Å². The van der Waals surface area contributed by atoms with Crippen molar-refractivity contribution < 1.29 is 9.84 Å². The molecule has 3 rings (SSSR count). The molecule has 3 aromatic rings. The number of pyridine rings is 1. The maximum absolute atomic E-state index is 8.86. The number of benzene rings is 1. The summed E-state index contributed by atoms with van der Waals surface area (Å²) in [5, 5.41) is 17.1. The van der Waals surface area contributed by atoms with E-state index in [4.69, 9.17) is 33.0 Å². The van der Waals surface area contributed by atoms with E-state index in [0.29, 0.717) is 34.1 Å². The largest absolute Gasteiger partial charge is 0.487 e. The SMILES string of the molecule is OCCn1cnc(Nc2ccc(OCc3c(Cl)cccc3Cl)cn2)n1. The highest BCUT2D eigenvalue weighted by Crippen LogP contribution is 2.26. The number of ether oxygens (including phenoxy) is 1. The van der Waals surface area contributed by atoms with Gasteiger partial charge in [-0.15, -0.1) is 5.10 Å². The lowest BCUT2D eigenvalue weighted by molar-refractivity contribution is 0.269. The number of aliphatic hydroxyl groups excluding tert-OH is 1. The summed E-state index contributed by atoms with van der Waals surface area (Å²) in [6, 6.07) is 8.83. The van der Waals surface area contributed by atoms with Gasteiger partial charge in [0.05, 0.1) is 19.3 Å². The highest BCUT2D eigenvalue weighted by Gasteiger charge is 2.07. The number of anilines is 2. The van der Waals surface area contributed by atoms with Crippen molar-refractivity contribution in [3.05, 3.63) is 58.5 Å². The molecule has 2 heterocycles. The minimum Gasteiger partial charge on any atom is -0.487 e. The van der Waals surface area contributed by atoms with Crippen LogP contribution in [0, 0.1) is 0 Å². The van der Waals surface area contributed by atoms with Crippen LogP contribution in [0.5, 0.6) is 5.75 Å². The van der Waals surface area contributed by atoms with Crippen LogP contribution in [0.3, 0.4) is 0 Å². The molecule has 0 saturated heterocycles. The van der Waals surface area contributed by atoms with E-state index in [1.807, 2.05) is 0 Å². The molecule has 2 N–H and O–H groups in total. The normalized spacial score (nSPS) is 10.7. The number of halogens is 2. The van der Waals surface area contributed by atoms with Crippen LogP contribution in [-0.2, 0) is 13.2 Å². The third-order valence-electron chi connectivity index (χ3n) is 3.29. The summed E-state index contributed by atoms with van der Waals surface area (Å²) >= 11 is 12.2. The highest BCUT2D eigenvalue weighted by molar-refractivity contribution is 6.35. The Bertz CT molecular complexity index is 819. The summed E-state index contributed by atoms with van der Waals surface area (Å²) in [6.07, 6.45) is 3.11. The Hall–Kier alpha value is -2.35. The molecule has 0 aliphatic carbocycles. The molecule has 25 heavy (non-hydrogen) atoms. The van der Waals surface area contributed by atoms with Crippen LogP contribution in [0.2, 0.25) is 10.0 Å². The van der Waals surface area contributed by atoms with Crippen molar-refractivity contribution in [3.63, 3.8) is 0 Å². The Morgan fingerprint density at radius 2 is 1.92 bits per heavy atom. The van der Waals surface area contributed by atoms with Gasteiger partial charge in [0.1, 0.15) is 24.5 Å². The van der Waals surface area contributed by atoms with Gasteiger partial charge in [0.25, 0.3) is 0 Å². The second-order valence-corrected chi connectivity index (χ2v) is 5.86. The summed E-state index contributed by atoms with van der Waals surface area (Å²) in [4.78, 5) is 8.32. The first kappa shape index (κ1) is 17.5. The third kappa shape index (κ3) is 4.60. The van der Waals surface area contributed by atoms with E-state index < -0.39 is 0 Å². The van der Waals surface area contributed by atoms with Crippen LogP contribution >= 0.6 is 23.2 Å². The highest BCUT2D eigenvalue weighted by atomic mass is 35.5. The lowest BCUT2D eigenvalue weighted by Crippen LogP contribution is -2.03. The lowest BCUT2D eigenvalue weighted by Gasteiger charge is -2.09. The van der Waals surface area contributed by atoms with Gasteiger partial charge in [-0.2, -0.15) is 0 Å². The molecule has 0 spiro atoms. The molecule has 0 atom stereocenters. The van der Waals surface area contributed by atoms with E-state index in [1.54, 1.807) is 36.5 Å². The van der Waals surface area contributed by atoms with Crippen LogP contribution in [0.25, 0.3) is 0 Å². The van der Waals surface area contributed by atoms with Gasteiger partial charge in [-0.3, -0.25) is 0 Å². The van der Waals surface area contributed by atoms with Crippen LogP contribution in [0.15, 0.2) is 42.9 Å². The molecule has 1 aromatic carbocycles. The maximum atomic E-state index is 8.86. The summed E-state index contributed by atoms with van der Waals surface area (Å²) in [7, 11) is 0. The first-order valence-electron chi connectivity index (χ1n) is 7.45. The maximum Gasteiger partial charge on any atom is 0.247 e. The molecule has 0 bridgehead atoms. The standard InChI is InChI=1S/C16H15Cl2N5O2/c17-13-2-1-3-14(18)12(13)9-25-11-4-5-15(19-8-11)21-16-20-10-23(22-16)6-7-24/h1-5,8,10,24H,6-7,9H2,(H,19,21,22). The van der Waals surface area contributed by atoms with E-state index in [2.05, 4.69) is 20.4 Å². The summed E-state index contributed by atoms with van der Waals surface area (Å²) < 4.78 is 7.21. The Morgan fingerprint density at radius 1 is 1.12 bits per heavy atom. The van der Waals surface area contributed by atoms with Crippen LogP contribution in [-0.4, -0.2) is 31.5 Å². The average molecular weight is 380 g/mol. The molecule has 0 aliphatic heterocycles. The average Bonchev–Trinajstić information content (AvgIpc) is 3.03. The Labute approximate surface area is 154 Å². The van der Waals surface area contributed by atoms with Crippen molar-refractivity contribution in [1.29, 1.82) is 0 Å². The zero-order valence-electron chi connectivity index (χ0n) is 13.1. The second kappa shape index (κ2) is 8.15. The Balaban J connectivity index is 1.60.